The second kappa shape index (κ2) is 10.5. The first-order valence-corrected chi connectivity index (χ1v) is 11.8. The van der Waals surface area contributed by atoms with Gasteiger partial charge in [-0.15, -0.1) is 0 Å². The van der Waals surface area contributed by atoms with E-state index in [1.165, 1.54) is 19.3 Å². The van der Waals surface area contributed by atoms with Crippen LogP contribution in [0.3, 0.4) is 0 Å². The van der Waals surface area contributed by atoms with Gasteiger partial charge in [-0.25, -0.2) is 0 Å². The Labute approximate surface area is 190 Å². The first-order chi connectivity index (χ1) is 15.6. The minimum absolute atomic E-state index is 0.0490. The molecule has 2 N–H and O–H groups in total. The summed E-state index contributed by atoms with van der Waals surface area (Å²) < 4.78 is 6.09. The molecule has 170 valence electrons. The van der Waals surface area contributed by atoms with E-state index in [1.54, 1.807) is 4.90 Å². The molecular weight excluding hydrogens is 402 g/mol. The van der Waals surface area contributed by atoms with Crippen LogP contribution in [0.2, 0.25) is 0 Å². The highest BCUT2D eigenvalue weighted by Gasteiger charge is 2.33. The van der Waals surface area contributed by atoms with Crippen LogP contribution < -0.4 is 15.4 Å². The van der Waals surface area contributed by atoms with Crippen molar-refractivity contribution in [3.63, 3.8) is 0 Å². The van der Waals surface area contributed by atoms with E-state index in [0.717, 1.165) is 35.5 Å². The van der Waals surface area contributed by atoms with Gasteiger partial charge in [0.05, 0.1) is 12.0 Å². The van der Waals surface area contributed by atoms with E-state index in [-0.39, 0.29) is 17.7 Å². The molecule has 1 atom stereocenters. The van der Waals surface area contributed by atoms with E-state index in [2.05, 4.69) is 10.6 Å². The Morgan fingerprint density at radius 2 is 1.66 bits per heavy atom. The summed E-state index contributed by atoms with van der Waals surface area (Å²) in [5, 5.41) is 6.36. The molecule has 1 saturated heterocycles. The summed E-state index contributed by atoms with van der Waals surface area (Å²) in [5.74, 6) is 0.705. The molecule has 2 fully saturated rings. The maximum absolute atomic E-state index is 12.4. The Morgan fingerprint density at radius 1 is 1.00 bits per heavy atom. The first kappa shape index (κ1) is 22.2. The summed E-state index contributed by atoms with van der Waals surface area (Å²) in [4.78, 5) is 25.9. The monoisotopic (exact) mass is 435 g/mol. The lowest BCUT2D eigenvalue weighted by atomic mass is 9.98. The van der Waals surface area contributed by atoms with Crippen molar-refractivity contribution < 1.29 is 14.3 Å². The first-order valence-electron chi connectivity index (χ1n) is 11.8. The van der Waals surface area contributed by atoms with Crippen LogP contribution in [0, 0.1) is 5.92 Å². The van der Waals surface area contributed by atoms with Crippen molar-refractivity contribution in [2.75, 3.05) is 18.4 Å². The Morgan fingerprint density at radius 3 is 2.28 bits per heavy atom. The minimum atomic E-state index is -0.242. The van der Waals surface area contributed by atoms with Crippen LogP contribution in [0.1, 0.15) is 51.0 Å². The van der Waals surface area contributed by atoms with Crippen molar-refractivity contribution in [2.24, 2.45) is 5.92 Å². The maximum atomic E-state index is 12.4. The zero-order chi connectivity index (χ0) is 22.3. The number of anilines is 2. The molecule has 0 radical (unpaired) electrons. The van der Waals surface area contributed by atoms with Gasteiger partial charge in [0.2, 0.25) is 11.8 Å². The van der Waals surface area contributed by atoms with Gasteiger partial charge in [-0.3, -0.25) is 9.59 Å². The number of ether oxygens (including phenoxy) is 1. The summed E-state index contributed by atoms with van der Waals surface area (Å²) in [5.41, 5.74) is 3.02. The predicted molar refractivity (Wildman–Crippen MR) is 126 cm³/mol. The third kappa shape index (κ3) is 5.81. The van der Waals surface area contributed by atoms with E-state index >= 15 is 0 Å². The zero-order valence-electron chi connectivity index (χ0n) is 18.8. The number of rotatable bonds is 8. The number of carbonyl (C=O) groups is 2. The Balaban J connectivity index is 1.24. The van der Waals surface area contributed by atoms with Gasteiger partial charge in [0.1, 0.15) is 5.75 Å². The molecule has 1 aliphatic carbocycles. The van der Waals surface area contributed by atoms with Crippen molar-refractivity contribution in [1.29, 1.82) is 0 Å². The predicted octanol–water partition coefficient (Wildman–Crippen LogP) is 4.63. The third-order valence-corrected chi connectivity index (χ3v) is 6.39. The van der Waals surface area contributed by atoms with E-state index < -0.39 is 0 Å². The number of carbonyl (C=O) groups excluding carboxylic acids is 2. The number of nitrogens with zero attached hydrogens (tertiary/aromatic N) is 1. The molecule has 2 aromatic carbocycles. The molecule has 0 bridgehead atoms. The van der Waals surface area contributed by atoms with Crippen molar-refractivity contribution in [2.45, 2.75) is 58.1 Å². The summed E-state index contributed by atoms with van der Waals surface area (Å²) in [6.45, 7) is 3.58. The van der Waals surface area contributed by atoms with Gasteiger partial charge in [0.15, 0.2) is 0 Å². The molecule has 1 aliphatic heterocycles. The van der Waals surface area contributed by atoms with Gasteiger partial charge >= 0.3 is 0 Å². The highest BCUT2D eigenvalue weighted by molar-refractivity contribution is 5.89. The maximum Gasteiger partial charge on any atom is 0.225 e. The number of benzene rings is 2. The molecule has 1 unspecified atom stereocenters. The fourth-order valence-corrected chi connectivity index (χ4v) is 4.45. The summed E-state index contributed by atoms with van der Waals surface area (Å²) >= 11 is 0. The van der Waals surface area contributed by atoms with Crippen LogP contribution in [0.15, 0.2) is 48.5 Å². The molecule has 32 heavy (non-hydrogen) atoms. The molecule has 1 saturated carbocycles. The van der Waals surface area contributed by atoms with Crippen LogP contribution in [0.25, 0.3) is 0 Å². The summed E-state index contributed by atoms with van der Waals surface area (Å²) in [6.07, 6.45) is 6.84. The number of amides is 2. The lowest BCUT2D eigenvalue weighted by Crippen LogP contribution is -2.32. The number of hydrogen-bond acceptors (Lipinski definition) is 4. The van der Waals surface area contributed by atoms with Gasteiger partial charge in [0, 0.05) is 37.4 Å². The Kier molecular flexibility index (Phi) is 7.30. The summed E-state index contributed by atoms with van der Waals surface area (Å²) in [7, 11) is 0. The fourth-order valence-electron chi connectivity index (χ4n) is 4.45. The normalized spacial score (nSPS) is 19.1. The second-order valence-electron chi connectivity index (χ2n) is 8.78. The largest absolute Gasteiger partial charge is 0.490 e. The fraction of sp³-hybridized carbons (Fsp3) is 0.462. The van der Waals surface area contributed by atoms with Crippen LogP contribution >= 0.6 is 0 Å². The zero-order valence-corrected chi connectivity index (χ0v) is 18.8. The molecule has 0 spiro atoms. The molecule has 2 aliphatic rings. The molecule has 2 amide bonds. The Hall–Kier alpha value is -3.02. The van der Waals surface area contributed by atoms with Gasteiger partial charge in [-0.05, 0) is 74.6 Å². The lowest BCUT2D eigenvalue weighted by Gasteiger charge is -2.23. The lowest BCUT2D eigenvalue weighted by molar-refractivity contribution is -0.128. The van der Waals surface area contributed by atoms with Crippen molar-refractivity contribution >= 4 is 23.2 Å². The average molecular weight is 436 g/mol. The van der Waals surface area contributed by atoms with Gasteiger partial charge in [-0.2, -0.15) is 0 Å². The molecule has 4 rings (SSSR count). The third-order valence-electron chi connectivity index (χ3n) is 6.39. The molecule has 1 heterocycles. The quantitative estimate of drug-likeness (QED) is 0.634. The van der Waals surface area contributed by atoms with E-state index in [9.17, 15) is 9.59 Å². The molecule has 0 aromatic heterocycles. The van der Waals surface area contributed by atoms with Crippen molar-refractivity contribution in [3.8, 4) is 5.75 Å². The van der Waals surface area contributed by atoms with Gasteiger partial charge in [0.25, 0.3) is 0 Å². The van der Waals surface area contributed by atoms with Gasteiger partial charge < -0.3 is 20.3 Å². The Bertz CT molecular complexity index is 905. The van der Waals surface area contributed by atoms with Gasteiger partial charge in [-0.1, -0.05) is 18.6 Å². The molecule has 2 aromatic rings. The highest BCUT2D eigenvalue weighted by Crippen LogP contribution is 2.25. The van der Waals surface area contributed by atoms with E-state index in [0.29, 0.717) is 32.2 Å². The number of likely N-dealkylation sites (tertiary alicyclic amines) is 1. The van der Waals surface area contributed by atoms with E-state index in [1.807, 2.05) is 55.5 Å². The molecular formula is C26H33N3O3. The number of hydrogen-bond donors (Lipinski definition) is 2. The van der Waals surface area contributed by atoms with Crippen LogP contribution in [0.4, 0.5) is 11.4 Å². The van der Waals surface area contributed by atoms with Crippen molar-refractivity contribution in [1.82, 2.24) is 10.2 Å². The minimum Gasteiger partial charge on any atom is -0.490 e. The van der Waals surface area contributed by atoms with Crippen LogP contribution in [-0.2, 0) is 16.1 Å². The standard InChI is InChI=1S/C26H33N3O3/c1-2-29-18-20(16-25(29)30)26(31)27-17-19-8-10-21(11-9-19)28-22-12-14-24(15-13-22)32-23-6-4-3-5-7-23/h8-15,20,23,28H,2-7,16-18H2,1H3,(H,27,31). The number of nitrogens with one attached hydrogen (secondary N) is 2. The highest BCUT2D eigenvalue weighted by atomic mass is 16.5. The van der Waals surface area contributed by atoms with Crippen LogP contribution in [0.5, 0.6) is 5.75 Å². The van der Waals surface area contributed by atoms with Crippen LogP contribution in [-0.4, -0.2) is 35.9 Å². The molecule has 6 heteroatoms. The van der Waals surface area contributed by atoms with Crippen molar-refractivity contribution in [3.05, 3.63) is 54.1 Å². The topological polar surface area (TPSA) is 70.7 Å². The van der Waals surface area contributed by atoms with E-state index in [4.69, 9.17) is 4.74 Å². The second-order valence-corrected chi connectivity index (χ2v) is 8.78. The average Bonchev–Trinajstić information content (AvgIpc) is 3.21. The smallest absolute Gasteiger partial charge is 0.225 e. The molecule has 6 nitrogen and oxygen atoms in total. The summed E-state index contributed by atoms with van der Waals surface area (Å²) in [6, 6.07) is 16.1. The SMILES string of the molecule is CCN1CC(C(=O)NCc2ccc(Nc3ccc(OC4CCCCC4)cc3)cc2)CC1=O.